The molecule has 25 heavy (non-hydrogen) atoms. The van der Waals surface area contributed by atoms with Crippen molar-refractivity contribution in [3.05, 3.63) is 54.1 Å². The van der Waals surface area contributed by atoms with Crippen LogP contribution >= 0.6 is 23.1 Å². The Balaban J connectivity index is 1.75. The summed E-state index contributed by atoms with van der Waals surface area (Å²) in [6.45, 7) is 4.36. The highest BCUT2D eigenvalue weighted by atomic mass is 32.2. The van der Waals surface area contributed by atoms with E-state index in [1.54, 1.807) is 29.2 Å². The van der Waals surface area contributed by atoms with Crippen LogP contribution in [0, 0.1) is 5.92 Å². The first-order valence-corrected chi connectivity index (χ1v) is 11.4. The van der Waals surface area contributed by atoms with E-state index in [1.165, 1.54) is 0 Å². The van der Waals surface area contributed by atoms with Crippen LogP contribution in [0.3, 0.4) is 0 Å². The summed E-state index contributed by atoms with van der Waals surface area (Å²) in [5, 5.41) is 0. The SMILES string of the molecule is CC(C)CSc1nc2ccc(NS(=O)(=O)Cc3ccccc3)cc2s1. The number of rotatable bonds is 7. The summed E-state index contributed by atoms with van der Waals surface area (Å²) in [7, 11) is -3.44. The Labute approximate surface area is 156 Å². The van der Waals surface area contributed by atoms with Crippen LogP contribution in [-0.4, -0.2) is 19.2 Å². The van der Waals surface area contributed by atoms with Crippen molar-refractivity contribution in [3.8, 4) is 0 Å². The maximum Gasteiger partial charge on any atom is 0.236 e. The fraction of sp³-hybridized carbons (Fsp3) is 0.278. The van der Waals surface area contributed by atoms with E-state index in [-0.39, 0.29) is 5.75 Å². The molecule has 0 radical (unpaired) electrons. The predicted octanol–water partition coefficient (Wildman–Crippen LogP) is 4.99. The van der Waals surface area contributed by atoms with Gasteiger partial charge in [-0.15, -0.1) is 11.3 Å². The van der Waals surface area contributed by atoms with Crippen molar-refractivity contribution in [2.45, 2.75) is 23.9 Å². The lowest BCUT2D eigenvalue weighted by Gasteiger charge is -2.08. The number of nitrogens with one attached hydrogen (secondary N) is 1. The van der Waals surface area contributed by atoms with Gasteiger partial charge in [0.2, 0.25) is 10.0 Å². The van der Waals surface area contributed by atoms with Crippen LogP contribution in [0.4, 0.5) is 5.69 Å². The molecule has 0 aliphatic heterocycles. The first-order chi connectivity index (χ1) is 11.9. The number of anilines is 1. The zero-order valence-electron chi connectivity index (χ0n) is 14.1. The molecule has 1 aromatic heterocycles. The summed E-state index contributed by atoms with van der Waals surface area (Å²) in [5.41, 5.74) is 2.25. The molecule has 132 valence electrons. The normalized spacial score (nSPS) is 12.0. The monoisotopic (exact) mass is 392 g/mol. The van der Waals surface area contributed by atoms with Crippen LogP contribution < -0.4 is 4.72 Å². The van der Waals surface area contributed by atoms with Gasteiger partial charge in [0.05, 0.1) is 21.7 Å². The zero-order chi connectivity index (χ0) is 17.9. The lowest BCUT2D eigenvalue weighted by atomic mass is 10.2. The molecule has 0 aliphatic carbocycles. The number of hydrogen-bond acceptors (Lipinski definition) is 5. The summed E-state index contributed by atoms with van der Waals surface area (Å²) in [6, 6.07) is 14.7. The van der Waals surface area contributed by atoms with Crippen molar-refractivity contribution in [2.24, 2.45) is 5.92 Å². The Hall–Kier alpha value is -1.57. The number of aromatic nitrogens is 1. The fourth-order valence-corrected chi connectivity index (χ4v) is 5.55. The number of hydrogen-bond donors (Lipinski definition) is 1. The van der Waals surface area contributed by atoms with Gasteiger partial charge in [-0.3, -0.25) is 4.72 Å². The van der Waals surface area contributed by atoms with E-state index in [0.717, 1.165) is 25.9 Å². The molecule has 0 bridgehead atoms. The molecule has 0 spiro atoms. The molecule has 4 nitrogen and oxygen atoms in total. The van der Waals surface area contributed by atoms with Gasteiger partial charge in [-0.2, -0.15) is 0 Å². The van der Waals surface area contributed by atoms with E-state index < -0.39 is 10.0 Å². The molecule has 0 saturated carbocycles. The van der Waals surface area contributed by atoms with Crippen molar-refractivity contribution >= 4 is 49.0 Å². The molecule has 0 amide bonds. The highest BCUT2D eigenvalue weighted by molar-refractivity contribution is 8.01. The summed E-state index contributed by atoms with van der Waals surface area (Å²) in [4.78, 5) is 4.59. The average Bonchev–Trinajstić information content (AvgIpc) is 2.95. The summed E-state index contributed by atoms with van der Waals surface area (Å²) >= 11 is 3.34. The average molecular weight is 393 g/mol. The largest absolute Gasteiger partial charge is 0.283 e. The lowest BCUT2D eigenvalue weighted by molar-refractivity contribution is 0.600. The molecular weight excluding hydrogens is 372 g/mol. The van der Waals surface area contributed by atoms with Crippen molar-refractivity contribution < 1.29 is 8.42 Å². The summed E-state index contributed by atoms with van der Waals surface area (Å²) in [5.74, 6) is 1.60. The highest BCUT2D eigenvalue weighted by Crippen LogP contribution is 2.32. The van der Waals surface area contributed by atoms with Crippen LogP contribution in [0.2, 0.25) is 0 Å². The third kappa shape index (κ3) is 5.20. The van der Waals surface area contributed by atoms with Crippen molar-refractivity contribution in [2.75, 3.05) is 10.5 Å². The smallest absolute Gasteiger partial charge is 0.236 e. The Morgan fingerprint density at radius 2 is 1.92 bits per heavy atom. The van der Waals surface area contributed by atoms with Gasteiger partial charge in [0.1, 0.15) is 0 Å². The topological polar surface area (TPSA) is 59.1 Å². The van der Waals surface area contributed by atoms with E-state index >= 15 is 0 Å². The van der Waals surface area contributed by atoms with E-state index in [9.17, 15) is 8.42 Å². The maximum atomic E-state index is 12.4. The molecule has 0 aliphatic rings. The summed E-state index contributed by atoms with van der Waals surface area (Å²) < 4.78 is 29.4. The number of benzene rings is 2. The Bertz CT molecular complexity index is 951. The first-order valence-electron chi connectivity index (χ1n) is 7.99. The van der Waals surface area contributed by atoms with Crippen LogP contribution in [-0.2, 0) is 15.8 Å². The molecule has 0 fully saturated rings. The Morgan fingerprint density at radius 1 is 1.16 bits per heavy atom. The van der Waals surface area contributed by atoms with Crippen LogP contribution in [0.25, 0.3) is 10.2 Å². The van der Waals surface area contributed by atoms with Gasteiger partial charge in [0.25, 0.3) is 0 Å². The fourth-order valence-electron chi connectivity index (χ4n) is 2.28. The minimum atomic E-state index is -3.44. The molecule has 0 unspecified atom stereocenters. The predicted molar refractivity (Wildman–Crippen MR) is 108 cm³/mol. The third-order valence-electron chi connectivity index (χ3n) is 3.38. The molecule has 1 N–H and O–H groups in total. The van der Waals surface area contributed by atoms with Crippen molar-refractivity contribution in [1.82, 2.24) is 4.98 Å². The molecular formula is C18H20N2O2S3. The number of thiazole rings is 1. The van der Waals surface area contributed by atoms with E-state index in [2.05, 4.69) is 23.6 Å². The number of fused-ring (bicyclic) bond motifs is 1. The Morgan fingerprint density at radius 3 is 2.64 bits per heavy atom. The molecule has 3 rings (SSSR count). The van der Waals surface area contributed by atoms with Crippen molar-refractivity contribution in [1.29, 1.82) is 0 Å². The van der Waals surface area contributed by atoms with Gasteiger partial charge >= 0.3 is 0 Å². The second kappa shape index (κ2) is 7.76. The molecule has 2 aromatic carbocycles. The van der Waals surface area contributed by atoms with Gasteiger partial charge in [-0.1, -0.05) is 55.9 Å². The van der Waals surface area contributed by atoms with Crippen LogP contribution in [0.15, 0.2) is 52.9 Å². The van der Waals surface area contributed by atoms with E-state index in [0.29, 0.717) is 11.6 Å². The van der Waals surface area contributed by atoms with Crippen LogP contribution in [0.1, 0.15) is 19.4 Å². The highest BCUT2D eigenvalue weighted by Gasteiger charge is 2.13. The van der Waals surface area contributed by atoms with Crippen molar-refractivity contribution in [3.63, 3.8) is 0 Å². The Kier molecular flexibility index (Phi) is 5.66. The number of nitrogens with zero attached hydrogens (tertiary/aromatic N) is 1. The number of thioether (sulfide) groups is 1. The minimum Gasteiger partial charge on any atom is -0.283 e. The summed E-state index contributed by atoms with van der Waals surface area (Å²) in [6.07, 6.45) is 0. The van der Waals surface area contributed by atoms with E-state index in [4.69, 9.17) is 0 Å². The first kappa shape index (κ1) is 18.2. The van der Waals surface area contributed by atoms with Gasteiger partial charge < -0.3 is 0 Å². The second-order valence-corrected chi connectivity index (χ2v) is 10.2. The third-order valence-corrected chi connectivity index (χ3v) is 7.23. The van der Waals surface area contributed by atoms with Gasteiger partial charge in [0, 0.05) is 5.75 Å². The quantitative estimate of drug-likeness (QED) is 0.576. The van der Waals surface area contributed by atoms with Gasteiger partial charge in [-0.25, -0.2) is 13.4 Å². The standard InChI is InChI=1S/C18H20N2O2S3/c1-13(2)11-23-18-19-16-9-8-15(10-17(16)24-18)20-25(21,22)12-14-6-4-3-5-7-14/h3-10,13,20H,11-12H2,1-2H3. The maximum absolute atomic E-state index is 12.4. The lowest BCUT2D eigenvalue weighted by Crippen LogP contribution is -2.14. The number of sulfonamides is 1. The molecule has 7 heteroatoms. The molecule has 1 heterocycles. The van der Waals surface area contributed by atoms with E-state index in [1.807, 2.05) is 42.5 Å². The zero-order valence-corrected chi connectivity index (χ0v) is 16.5. The van der Waals surface area contributed by atoms with Gasteiger partial charge in [0.15, 0.2) is 4.34 Å². The van der Waals surface area contributed by atoms with Crippen LogP contribution in [0.5, 0.6) is 0 Å². The molecule has 0 atom stereocenters. The minimum absolute atomic E-state index is 0.0376. The molecule has 0 saturated heterocycles. The van der Waals surface area contributed by atoms with Gasteiger partial charge in [-0.05, 0) is 29.7 Å². The second-order valence-electron chi connectivity index (χ2n) is 6.21. The molecule has 3 aromatic rings.